The normalized spacial score (nSPS) is 11.2. The zero-order valence-electron chi connectivity index (χ0n) is 15.2. The van der Waals surface area contributed by atoms with Gasteiger partial charge in [-0.1, -0.05) is 52.3 Å². The summed E-state index contributed by atoms with van der Waals surface area (Å²) < 4.78 is 50.3. The number of ether oxygens (including phenoxy) is 2. The summed E-state index contributed by atoms with van der Waals surface area (Å²) in [5.74, 6) is -3.57. The molecule has 30 heavy (non-hydrogen) atoms. The number of halogens is 4. The smallest absolute Gasteiger partial charge is 0.416 e. The number of hydrogen-bond donors (Lipinski definition) is 0. The van der Waals surface area contributed by atoms with Gasteiger partial charge >= 0.3 is 18.1 Å². The first kappa shape index (κ1) is 21.6. The fraction of sp³-hybridized carbons (Fsp3) is 0.0909. The Morgan fingerprint density at radius 1 is 0.767 bits per heavy atom. The molecule has 0 heterocycles. The molecule has 0 bridgehead atoms. The molecule has 0 atom stereocenters. The molecule has 0 saturated carbocycles. The molecule has 3 aromatic carbocycles. The van der Waals surface area contributed by atoms with Crippen LogP contribution in [-0.2, 0) is 15.8 Å². The highest BCUT2D eigenvalue weighted by molar-refractivity contribution is 9.10. The highest BCUT2D eigenvalue weighted by atomic mass is 79.9. The molecular weight excluding hydrogens is 465 g/mol. The average molecular weight is 479 g/mol. The first-order valence-electron chi connectivity index (χ1n) is 8.65. The Bertz CT molecular complexity index is 984. The van der Waals surface area contributed by atoms with Gasteiger partial charge in [-0.3, -0.25) is 9.59 Å². The van der Waals surface area contributed by atoms with Crippen molar-refractivity contribution in [2.45, 2.75) is 12.1 Å². The Kier molecular flexibility index (Phi) is 6.56. The number of carbonyl (C=O) groups excluding carboxylic acids is 2. The molecule has 0 saturated heterocycles. The maximum absolute atomic E-state index is 13.3. The molecule has 0 radical (unpaired) electrons. The van der Waals surface area contributed by atoms with E-state index in [4.69, 9.17) is 9.47 Å². The average Bonchev–Trinajstić information content (AvgIpc) is 2.68. The van der Waals surface area contributed by atoms with Crippen LogP contribution in [0.5, 0.6) is 11.5 Å². The molecule has 0 aliphatic rings. The molecule has 154 valence electrons. The summed E-state index contributed by atoms with van der Waals surface area (Å²) in [5.41, 5.74) is -1.23. The molecule has 0 aromatic heterocycles. The first-order chi connectivity index (χ1) is 14.2. The lowest BCUT2D eigenvalue weighted by molar-refractivity contribution is -0.147. The van der Waals surface area contributed by atoms with E-state index in [-0.39, 0.29) is 21.5 Å². The van der Waals surface area contributed by atoms with Crippen molar-refractivity contribution in [3.05, 3.63) is 94.5 Å². The van der Waals surface area contributed by atoms with Crippen molar-refractivity contribution < 1.29 is 32.2 Å². The summed E-state index contributed by atoms with van der Waals surface area (Å²) in [4.78, 5) is 25.6. The largest absolute Gasteiger partial charge is 0.426 e. The molecule has 0 unspecified atom stereocenters. The minimum Gasteiger partial charge on any atom is -0.426 e. The monoisotopic (exact) mass is 478 g/mol. The maximum Gasteiger partial charge on any atom is 0.416 e. The van der Waals surface area contributed by atoms with Crippen LogP contribution in [0.15, 0.2) is 83.3 Å². The van der Waals surface area contributed by atoms with Gasteiger partial charge in [-0.05, 0) is 48.0 Å². The zero-order chi connectivity index (χ0) is 21.7. The van der Waals surface area contributed by atoms with E-state index in [1.54, 1.807) is 36.4 Å². The zero-order valence-corrected chi connectivity index (χ0v) is 16.8. The summed E-state index contributed by atoms with van der Waals surface area (Å²) in [7, 11) is 0. The molecule has 0 fully saturated rings. The Balaban J connectivity index is 1.99. The highest BCUT2D eigenvalue weighted by Gasteiger charge is 2.37. The van der Waals surface area contributed by atoms with Gasteiger partial charge in [0, 0.05) is 4.47 Å². The van der Waals surface area contributed by atoms with Gasteiger partial charge in [-0.15, -0.1) is 0 Å². The van der Waals surface area contributed by atoms with Crippen molar-refractivity contribution in [2.24, 2.45) is 0 Å². The highest BCUT2D eigenvalue weighted by Crippen LogP contribution is 2.34. The molecule has 0 N–H and O–H groups in total. The van der Waals surface area contributed by atoms with Gasteiger partial charge in [0.1, 0.15) is 11.5 Å². The van der Waals surface area contributed by atoms with E-state index < -0.39 is 29.6 Å². The second-order valence-electron chi connectivity index (χ2n) is 6.17. The van der Waals surface area contributed by atoms with Crippen LogP contribution in [0, 0.1) is 0 Å². The van der Waals surface area contributed by atoms with Gasteiger partial charge in [0.25, 0.3) is 0 Å². The number of carbonyl (C=O) groups is 2. The van der Waals surface area contributed by atoms with Crippen LogP contribution >= 0.6 is 15.9 Å². The number of para-hydroxylation sites is 2. The Hall–Kier alpha value is -3.13. The number of rotatable bonds is 5. The molecular formula is C22H14BrF3O4. The van der Waals surface area contributed by atoms with Crippen LogP contribution in [0.4, 0.5) is 13.2 Å². The quantitative estimate of drug-likeness (QED) is 0.265. The molecule has 0 aliphatic carbocycles. The van der Waals surface area contributed by atoms with Crippen LogP contribution in [0.3, 0.4) is 0 Å². The van der Waals surface area contributed by atoms with Crippen molar-refractivity contribution in [1.29, 1.82) is 0 Å². The summed E-state index contributed by atoms with van der Waals surface area (Å²) >= 11 is 3.00. The third-order valence-electron chi connectivity index (χ3n) is 3.98. The molecule has 8 heteroatoms. The molecule has 0 amide bonds. The lowest BCUT2D eigenvalue weighted by Crippen LogP contribution is -2.30. The van der Waals surface area contributed by atoms with Crippen molar-refractivity contribution in [3.63, 3.8) is 0 Å². The SMILES string of the molecule is O=C(Oc1ccccc1)C(C(=O)Oc1ccccc1)c1cc(Br)cc(C(F)(F)F)c1. The predicted octanol–water partition coefficient (Wildman–Crippen LogP) is 5.76. The lowest BCUT2D eigenvalue weighted by atomic mass is 9.97. The summed E-state index contributed by atoms with van der Waals surface area (Å²) in [6, 6.07) is 18.6. The van der Waals surface area contributed by atoms with Crippen LogP contribution in [-0.4, -0.2) is 11.9 Å². The second-order valence-corrected chi connectivity index (χ2v) is 7.09. The summed E-state index contributed by atoms with van der Waals surface area (Å²) in [5, 5.41) is 0. The first-order valence-corrected chi connectivity index (χ1v) is 9.44. The van der Waals surface area contributed by atoms with E-state index in [0.717, 1.165) is 12.1 Å². The molecule has 3 rings (SSSR count). The fourth-order valence-corrected chi connectivity index (χ4v) is 3.15. The van der Waals surface area contributed by atoms with Crippen molar-refractivity contribution >= 4 is 27.9 Å². The third-order valence-corrected chi connectivity index (χ3v) is 4.43. The van der Waals surface area contributed by atoms with Crippen molar-refractivity contribution in [1.82, 2.24) is 0 Å². The van der Waals surface area contributed by atoms with Gasteiger partial charge in [0.15, 0.2) is 5.92 Å². The predicted molar refractivity (Wildman–Crippen MR) is 106 cm³/mol. The Labute approximate surface area is 178 Å². The van der Waals surface area contributed by atoms with E-state index in [1.165, 1.54) is 30.3 Å². The lowest BCUT2D eigenvalue weighted by Gasteiger charge is -2.17. The van der Waals surface area contributed by atoms with E-state index in [9.17, 15) is 22.8 Å². The van der Waals surface area contributed by atoms with E-state index in [2.05, 4.69) is 15.9 Å². The Morgan fingerprint density at radius 2 is 1.23 bits per heavy atom. The van der Waals surface area contributed by atoms with Gasteiger partial charge in [-0.2, -0.15) is 13.2 Å². The molecule has 3 aromatic rings. The number of alkyl halides is 3. The summed E-state index contributed by atoms with van der Waals surface area (Å²) in [6.45, 7) is 0. The van der Waals surface area contributed by atoms with Crippen LogP contribution in [0.1, 0.15) is 17.0 Å². The fourth-order valence-electron chi connectivity index (χ4n) is 2.64. The van der Waals surface area contributed by atoms with E-state index >= 15 is 0 Å². The van der Waals surface area contributed by atoms with Crippen molar-refractivity contribution in [2.75, 3.05) is 0 Å². The molecule has 0 spiro atoms. The van der Waals surface area contributed by atoms with Crippen LogP contribution in [0.2, 0.25) is 0 Å². The minimum absolute atomic E-state index is 0.0531. The summed E-state index contributed by atoms with van der Waals surface area (Å²) in [6.07, 6.45) is -4.67. The standard InChI is InChI=1S/C22H14BrF3O4/c23-16-12-14(11-15(13-16)22(24,25)26)19(20(27)29-17-7-3-1-4-8-17)21(28)30-18-9-5-2-6-10-18/h1-13,19H. The third kappa shape index (κ3) is 5.48. The number of hydrogen-bond acceptors (Lipinski definition) is 4. The van der Waals surface area contributed by atoms with Gasteiger partial charge < -0.3 is 9.47 Å². The maximum atomic E-state index is 13.3. The Morgan fingerprint density at radius 3 is 1.67 bits per heavy atom. The number of esters is 2. The van der Waals surface area contributed by atoms with Gasteiger partial charge in [0.05, 0.1) is 5.56 Å². The van der Waals surface area contributed by atoms with E-state index in [1.807, 2.05) is 0 Å². The topological polar surface area (TPSA) is 52.6 Å². The van der Waals surface area contributed by atoms with Crippen LogP contribution < -0.4 is 9.47 Å². The van der Waals surface area contributed by atoms with Crippen molar-refractivity contribution in [3.8, 4) is 11.5 Å². The van der Waals surface area contributed by atoms with Crippen LogP contribution in [0.25, 0.3) is 0 Å². The minimum atomic E-state index is -4.67. The second kappa shape index (κ2) is 9.13. The number of benzene rings is 3. The van der Waals surface area contributed by atoms with Gasteiger partial charge in [-0.25, -0.2) is 0 Å². The van der Waals surface area contributed by atoms with Gasteiger partial charge in [0.2, 0.25) is 0 Å². The molecule has 0 aliphatic heterocycles. The molecule has 4 nitrogen and oxygen atoms in total. The van der Waals surface area contributed by atoms with E-state index in [0.29, 0.717) is 0 Å².